The minimum absolute atomic E-state index is 0.0698. The van der Waals surface area contributed by atoms with Crippen LogP contribution in [0.15, 0.2) is 15.0 Å². The number of aryl methyl sites for hydroxylation is 1. The molecule has 0 amide bonds. The van der Waals surface area contributed by atoms with Crippen molar-refractivity contribution in [1.29, 1.82) is 5.26 Å². The number of hydrogen-bond acceptors (Lipinski definition) is 8. The van der Waals surface area contributed by atoms with Crippen LogP contribution < -0.4 is 5.56 Å². The summed E-state index contributed by atoms with van der Waals surface area (Å²) in [6, 6.07) is 1.82. The Morgan fingerprint density at radius 1 is 1.37 bits per heavy atom. The zero-order valence-corrected chi connectivity index (χ0v) is 15.8. The van der Waals surface area contributed by atoms with Crippen LogP contribution in [-0.2, 0) is 17.6 Å². The zero-order chi connectivity index (χ0) is 19.6. The van der Waals surface area contributed by atoms with Crippen LogP contribution in [0.1, 0.15) is 51.7 Å². The van der Waals surface area contributed by atoms with Gasteiger partial charge in [-0.2, -0.15) is 5.26 Å². The molecular weight excluding hydrogens is 368 g/mol. The molecule has 140 valence electrons. The molecule has 0 fully saturated rings. The maximum absolute atomic E-state index is 12.4. The maximum Gasteiger partial charge on any atom is 0.341 e. The van der Waals surface area contributed by atoms with Crippen LogP contribution >= 0.6 is 11.3 Å². The summed E-state index contributed by atoms with van der Waals surface area (Å²) in [6.45, 7) is 3.50. The number of rotatable bonds is 4. The summed E-state index contributed by atoms with van der Waals surface area (Å²) in [6.07, 6.45) is 3.70. The first kappa shape index (κ1) is 18.8. The number of carbonyl (C=O) groups excluding carboxylic acids is 1. The number of pyridine rings is 1. The van der Waals surface area contributed by atoms with Gasteiger partial charge in [0.25, 0.3) is 5.56 Å². The van der Waals surface area contributed by atoms with Gasteiger partial charge in [0.15, 0.2) is 10.7 Å². The van der Waals surface area contributed by atoms with Gasteiger partial charge in [0.05, 0.1) is 6.61 Å². The van der Waals surface area contributed by atoms with E-state index in [1.807, 2.05) is 6.07 Å². The van der Waals surface area contributed by atoms with Gasteiger partial charge in [0.1, 0.15) is 17.2 Å². The number of esters is 1. The lowest BCUT2D eigenvalue weighted by atomic mass is 9.95. The van der Waals surface area contributed by atoms with Crippen LogP contribution in [0.3, 0.4) is 0 Å². The summed E-state index contributed by atoms with van der Waals surface area (Å²) < 4.78 is 5.17. The quantitative estimate of drug-likeness (QED) is 0.610. The van der Waals surface area contributed by atoms with Crippen molar-refractivity contribution in [2.45, 2.75) is 39.5 Å². The molecule has 0 spiro atoms. The lowest BCUT2D eigenvalue weighted by molar-refractivity contribution is 0.0526. The number of aromatic hydroxyl groups is 1. The average Bonchev–Trinajstić information content (AvgIpc) is 3.00. The molecule has 27 heavy (non-hydrogen) atoms. The van der Waals surface area contributed by atoms with Gasteiger partial charge in [-0.05, 0) is 45.1 Å². The van der Waals surface area contributed by atoms with Crippen LogP contribution in [0.4, 0.5) is 10.7 Å². The monoisotopic (exact) mass is 386 g/mol. The van der Waals surface area contributed by atoms with E-state index in [1.54, 1.807) is 6.92 Å². The van der Waals surface area contributed by atoms with Crippen molar-refractivity contribution in [2.24, 2.45) is 10.2 Å². The average molecular weight is 386 g/mol. The fraction of sp³-hybridized carbons (Fsp3) is 0.389. The minimum atomic E-state index is -0.660. The van der Waals surface area contributed by atoms with Gasteiger partial charge < -0.3 is 9.84 Å². The molecule has 0 unspecified atom stereocenters. The van der Waals surface area contributed by atoms with Crippen LogP contribution in [-0.4, -0.2) is 22.7 Å². The molecule has 2 heterocycles. The molecule has 0 aliphatic heterocycles. The topological polar surface area (TPSA) is 128 Å². The Labute approximate surface area is 159 Å². The molecule has 8 nitrogen and oxygen atoms in total. The third-order valence-corrected chi connectivity index (χ3v) is 5.57. The molecule has 9 heteroatoms. The van der Waals surface area contributed by atoms with Crippen LogP contribution in [0.5, 0.6) is 5.88 Å². The molecule has 2 aromatic rings. The molecule has 2 aromatic heterocycles. The van der Waals surface area contributed by atoms with E-state index < -0.39 is 17.4 Å². The fourth-order valence-corrected chi connectivity index (χ4v) is 4.28. The molecule has 3 rings (SSSR count). The summed E-state index contributed by atoms with van der Waals surface area (Å²) in [7, 11) is 0. The Kier molecular flexibility index (Phi) is 5.37. The number of aromatic nitrogens is 1. The Balaban J connectivity index is 2.09. The number of azo groups is 1. The standard InChI is InChI=1S/C18H18N4O4S/c1-3-26-18(25)13-10-6-4-5-7-12(10)27-17(13)22-21-14-9(2)11(8-19)15(23)20-16(14)24/h3-7H2,1-2H3,(H2,20,23,24). The second-order valence-electron chi connectivity index (χ2n) is 6.07. The summed E-state index contributed by atoms with van der Waals surface area (Å²) >= 11 is 1.37. The zero-order valence-electron chi connectivity index (χ0n) is 15.0. The van der Waals surface area contributed by atoms with Gasteiger partial charge >= 0.3 is 5.97 Å². The number of ether oxygens (including phenoxy) is 1. The maximum atomic E-state index is 12.4. The van der Waals surface area contributed by atoms with E-state index in [4.69, 9.17) is 10.00 Å². The largest absolute Gasteiger partial charge is 0.494 e. The molecule has 0 bridgehead atoms. The van der Waals surface area contributed by atoms with Crippen LogP contribution in [0.2, 0.25) is 0 Å². The molecule has 1 aliphatic carbocycles. The van der Waals surface area contributed by atoms with Crippen molar-refractivity contribution in [3.05, 3.63) is 37.5 Å². The lowest BCUT2D eigenvalue weighted by Gasteiger charge is -2.11. The van der Waals surface area contributed by atoms with Crippen LogP contribution in [0.25, 0.3) is 0 Å². The number of carbonyl (C=O) groups is 1. The van der Waals surface area contributed by atoms with E-state index >= 15 is 0 Å². The highest BCUT2D eigenvalue weighted by Crippen LogP contribution is 2.41. The summed E-state index contributed by atoms with van der Waals surface area (Å²) in [5, 5.41) is 27.3. The number of nitriles is 1. The number of H-pyrrole nitrogens is 1. The van der Waals surface area contributed by atoms with Gasteiger partial charge in [0, 0.05) is 10.4 Å². The predicted molar refractivity (Wildman–Crippen MR) is 99.3 cm³/mol. The third kappa shape index (κ3) is 3.48. The lowest BCUT2D eigenvalue weighted by Crippen LogP contribution is -2.09. The smallest absolute Gasteiger partial charge is 0.341 e. The normalized spacial score (nSPS) is 13.4. The Hall–Kier alpha value is -2.99. The number of nitrogens with zero attached hydrogens (tertiary/aromatic N) is 3. The summed E-state index contributed by atoms with van der Waals surface area (Å²) in [4.78, 5) is 27.8. The van der Waals surface area contributed by atoms with Crippen molar-refractivity contribution >= 4 is 28.0 Å². The van der Waals surface area contributed by atoms with Crippen molar-refractivity contribution < 1.29 is 14.6 Å². The van der Waals surface area contributed by atoms with Crippen molar-refractivity contribution in [3.63, 3.8) is 0 Å². The van der Waals surface area contributed by atoms with E-state index in [1.165, 1.54) is 18.3 Å². The molecule has 0 saturated heterocycles. The van der Waals surface area contributed by atoms with Crippen molar-refractivity contribution in [2.75, 3.05) is 6.61 Å². The van der Waals surface area contributed by atoms with Gasteiger partial charge in [0.2, 0.25) is 5.88 Å². The summed E-state index contributed by atoms with van der Waals surface area (Å²) in [5.41, 5.74) is 0.778. The molecular formula is C18H18N4O4S. The number of thiophene rings is 1. The molecule has 0 radical (unpaired) electrons. The van der Waals surface area contributed by atoms with Crippen molar-refractivity contribution in [1.82, 2.24) is 4.98 Å². The fourth-order valence-electron chi connectivity index (χ4n) is 3.08. The van der Waals surface area contributed by atoms with Crippen molar-refractivity contribution in [3.8, 4) is 11.9 Å². The predicted octanol–water partition coefficient (Wildman–Crippen LogP) is 3.79. The number of fused-ring (bicyclic) bond motifs is 1. The number of hydrogen-bond donors (Lipinski definition) is 2. The Morgan fingerprint density at radius 2 is 2.11 bits per heavy atom. The highest BCUT2D eigenvalue weighted by Gasteiger charge is 2.26. The minimum Gasteiger partial charge on any atom is -0.494 e. The first-order valence-electron chi connectivity index (χ1n) is 8.57. The van der Waals surface area contributed by atoms with E-state index in [0.29, 0.717) is 10.6 Å². The van der Waals surface area contributed by atoms with E-state index in [9.17, 15) is 14.7 Å². The van der Waals surface area contributed by atoms with Gasteiger partial charge in [-0.25, -0.2) is 4.79 Å². The van der Waals surface area contributed by atoms with Gasteiger partial charge in [-0.3, -0.25) is 9.78 Å². The Morgan fingerprint density at radius 3 is 2.81 bits per heavy atom. The highest BCUT2D eigenvalue weighted by molar-refractivity contribution is 7.16. The molecule has 0 saturated carbocycles. The molecule has 2 N–H and O–H groups in total. The second kappa shape index (κ2) is 7.72. The molecule has 0 atom stereocenters. The third-order valence-electron chi connectivity index (χ3n) is 4.40. The second-order valence-corrected chi connectivity index (χ2v) is 7.16. The highest BCUT2D eigenvalue weighted by atomic mass is 32.1. The van der Waals surface area contributed by atoms with Gasteiger partial charge in [-0.15, -0.1) is 21.6 Å². The van der Waals surface area contributed by atoms with E-state index in [2.05, 4.69) is 15.2 Å². The first-order chi connectivity index (χ1) is 13.0. The molecule has 1 aliphatic rings. The Bertz CT molecular complexity index is 1030. The van der Waals surface area contributed by atoms with E-state index in [0.717, 1.165) is 36.1 Å². The van der Waals surface area contributed by atoms with Gasteiger partial charge in [-0.1, -0.05) is 0 Å². The number of nitrogens with one attached hydrogen (secondary N) is 1. The van der Waals surface area contributed by atoms with E-state index in [-0.39, 0.29) is 23.4 Å². The molecule has 0 aromatic carbocycles. The number of aromatic amines is 1. The first-order valence-corrected chi connectivity index (χ1v) is 9.38. The summed E-state index contributed by atoms with van der Waals surface area (Å²) in [5.74, 6) is -0.947. The van der Waals surface area contributed by atoms with Crippen LogP contribution in [0, 0.1) is 18.3 Å². The SMILES string of the molecule is CCOC(=O)c1c(N=Nc2c(C)c(C#N)c(O)[nH]c2=O)sc2c1CCCC2.